The van der Waals surface area contributed by atoms with Crippen LogP contribution in [0.5, 0.6) is 5.75 Å². The Hall–Kier alpha value is -3.24. The molecule has 0 saturated heterocycles. The third-order valence-electron chi connectivity index (χ3n) is 6.19. The number of likely N-dealkylation sites (N-methyl/N-ethyl adjacent to an activating group) is 2. The Morgan fingerprint density at radius 1 is 1.09 bits per heavy atom. The molecule has 0 unspecified atom stereocenters. The molecule has 3 amide bonds. The lowest BCUT2D eigenvalue weighted by atomic mass is 10.0. The first-order valence-electron chi connectivity index (χ1n) is 11.4. The van der Waals surface area contributed by atoms with Crippen LogP contribution in [0, 0.1) is 17.6 Å². The minimum Gasteiger partial charge on any atom is -0.491 e. The highest BCUT2D eigenvalue weighted by Crippen LogP contribution is 2.27. The van der Waals surface area contributed by atoms with Gasteiger partial charge in [0.2, 0.25) is 0 Å². The second-order valence-corrected chi connectivity index (χ2v) is 8.95. The van der Waals surface area contributed by atoms with E-state index in [1.165, 1.54) is 6.07 Å². The number of methoxy groups -OCH3 is 1. The Kier molecular flexibility index (Phi) is 8.63. The number of ether oxygens (including phenoxy) is 2. The van der Waals surface area contributed by atoms with Crippen LogP contribution in [-0.4, -0.2) is 74.8 Å². The van der Waals surface area contributed by atoms with Gasteiger partial charge in [0.1, 0.15) is 24.0 Å². The summed E-state index contributed by atoms with van der Waals surface area (Å²) in [5.41, 5.74) is 0.373. The van der Waals surface area contributed by atoms with Crippen LogP contribution < -0.4 is 15.4 Å². The van der Waals surface area contributed by atoms with Gasteiger partial charge in [-0.2, -0.15) is 0 Å². The number of nitrogens with zero attached hydrogens (tertiary/aromatic N) is 2. The number of hydrogen-bond donors (Lipinski definition) is 2. The molecule has 0 spiro atoms. The summed E-state index contributed by atoms with van der Waals surface area (Å²) >= 11 is 0. The third kappa shape index (κ3) is 6.67. The topological polar surface area (TPSA) is 83.1 Å². The summed E-state index contributed by atoms with van der Waals surface area (Å²) < 4.78 is 38.9. The molecule has 1 heterocycles. The average molecular weight is 491 g/mol. The van der Waals surface area contributed by atoms with E-state index in [9.17, 15) is 18.4 Å². The van der Waals surface area contributed by atoms with E-state index in [4.69, 9.17) is 9.47 Å². The molecule has 35 heavy (non-hydrogen) atoms. The second-order valence-electron chi connectivity index (χ2n) is 8.95. The highest BCUT2D eigenvalue weighted by molar-refractivity contribution is 6.01. The summed E-state index contributed by atoms with van der Waals surface area (Å²) in [7, 11) is 5.35. The van der Waals surface area contributed by atoms with E-state index < -0.39 is 17.7 Å². The first kappa shape index (κ1) is 26.4. The van der Waals surface area contributed by atoms with E-state index in [-0.39, 0.29) is 29.7 Å². The first-order valence-corrected chi connectivity index (χ1v) is 11.4. The number of hydrogen-bond acceptors (Lipinski definition) is 5. The van der Waals surface area contributed by atoms with Gasteiger partial charge in [-0.25, -0.2) is 13.6 Å². The lowest BCUT2D eigenvalue weighted by Gasteiger charge is -2.34. The fraction of sp³-hybridized carbons (Fsp3) is 0.440. The average Bonchev–Trinajstić information content (AvgIpc) is 2.81. The Balaban J connectivity index is 1.84. The number of amides is 3. The van der Waals surface area contributed by atoms with Crippen LogP contribution in [0.15, 0.2) is 36.4 Å². The Morgan fingerprint density at radius 3 is 2.54 bits per heavy atom. The maximum Gasteiger partial charge on any atom is 0.323 e. The van der Waals surface area contributed by atoms with Gasteiger partial charge in [0.15, 0.2) is 0 Å². The summed E-state index contributed by atoms with van der Waals surface area (Å²) in [5, 5.41) is 4.84. The van der Waals surface area contributed by atoms with Crippen molar-refractivity contribution in [3.63, 3.8) is 0 Å². The van der Waals surface area contributed by atoms with Gasteiger partial charge in [0, 0.05) is 51.1 Å². The van der Waals surface area contributed by atoms with Crippen molar-refractivity contribution < 1.29 is 27.8 Å². The number of rotatable bonds is 3. The molecule has 8 nitrogen and oxygen atoms in total. The standard InChI is InChI=1S/C25H32F2N4O4/c1-15-12-30(3)16(2)14-35-22-11-18(7-8-19(22)24(32)31(4)13-23(15)34-5)28-25(33)29-21-10-17(26)6-9-20(21)27/h6-11,15-16,23H,12-14H2,1-5H3,(H2,28,29,33)/t15-,16+,23+/m1/s1. The summed E-state index contributed by atoms with van der Waals surface area (Å²) in [5.74, 6) is -1.19. The van der Waals surface area contributed by atoms with Crippen LogP contribution in [-0.2, 0) is 4.74 Å². The van der Waals surface area contributed by atoms with E-state index >= 15 is 0 Å². The summed E-state index contributed by atoms with van der Waals surface area (Å²) in [6, 6.07) is 6.71. The van der Waals surface area contributed by atoms with Gasteiger partial charge in [-0.05, 0) is 44.2 Å². The summed E-state index contributed by atoms with van der Waals surface area (Å²) in [4.78, 5) is 29.4. The maximum atomic E-state index is 13.9. The molecular formula is C25H32F2N4O4. The quantitative estimate of drug-likeness (QED) is 0.679. The molecule has 3 rings (SSSR count). The zero-order valence-electron chi connectivity index (χ0n) is 20.6. The van der Waals surface area contributed by atoms with Crippen LogP contribution >= 0.6 is 0 Å². The molecule has 2 aromatic carbocycles. The number of urea groups is 1. The number of nitrogens with one attached hydrogen (secondary N) is 2. The SMILES string of the molecule is CO[C@H]1CN(C)C(=O)c2ccc(NC(=O)Nc3cc(F)ccc3F)cc2OC[C@H](C)N(C)C[C@H]1C. The van der Waals surface area contributed by atoms with Crippen molar-refractivity contribution in [2.75, 3.05) is 51.5 Å². The number of carbonyl (C=O) groups is 2. The fourth-order valence-corrected chi connectivity index (χ4v) is 3.91. The molecule has 10 heteroatoms. The fourth-order valence-electron chi connectivity index (χ4n) is 3.91. The van der Waals surface area contributed by atoms with Gasteiger partial charge >= 0.3 is 6.03 Å². The highest BCUT2D eigenvalue weighted by Gasteiger charge is 2.27. The van der Waals surface area contributed by atoms with Gasteiger partial charge < -0.3 is 25.0 Å². The molecule has 0 radical (unpaired) electrons. The van der Waals surface area contributed by atoms with E-state index in [0.29, 0.717) is 30.2 Å². The monoisotopic (exact) mass is 490 g/mol. The lowest BCUT2D eigenvalue weighted by molar-refractivity contribution is 0.0150. The first-order chi connectivity index (χ1) is 16.6. The summed E-state index contributed by atoms with van der Waals surface area (Å²) in [6.07, 6.45) is -0.143. The van der Waals surface area contributed by atoms with Gasteiger partial charge in [0.05, 0.1) is 17.4 Å². The van der Waals surface area contributed by atoms with Crippen molar-refractivity contribution in [3.05, 3.63) is 53.6 Å². The van der Waals surface area contributed by atoms with Crippen molar-refractivity contribution in [2.45, 2.75) is 26.0 Å². The highest BCUT2D eigenvalue weighted by atomic mass is 19.1. The normalized spacial score (nSPS) is 21.9. The van der Waals surface area contributed by atoms with Crippen molar-refractivity contribution in [3.8, 4) is 5.75 Å². The number of halogens is 2. The van der Waals surface area contributed by atoms with Crippen molar-refractivity contribution in [1.29, 1.82) is 0 Å². The molecule has 2 N–H and O–H groups in total. The van der Waals surface area contributed by atoms with E-state index in [2.05, 4.69) is 22.5 Å². The van der Waals surface area contributed by atoms with Crippen LogP contribution in [0.25, 0.3) is 0 Å². The molecule has 0 fully saturated rings. The minimum atomic E-state index is -0.768. The van der Waals surface area contributed by atoms with Crippen molar-refractivity contribution in [2.24, 2.45) is 5.92 Å². The van der Waals surface area contributed by atoms with E-state index in [1.54, 1.807) is 31.2 Å². The third-order valence-corrected chi connectivity index (χ3v) is 6.19. The van der Waals surface area contributed by atoms with Crippen LogP contribution in [0.2, 0.25) is 0 Å². The number of fused-ring (bicyclic) bond motifs is 1. The van der Waals surface area contributed by atoms with Gasteiger partial charge in [0.25, 0.3) is 5.91 Å². The van der Waals surface area contributed by atoms with Gasteiger partial charge in [-0.15, -0.1) is 0 Å². The van der Waals surface area contributed by atoms with Crippen LogP contribution in [0.1, 0.15) is 24.2 Å². The molecule has 2 aromatic rings. The van der Waals surface area contributed by atoms with Crippen LogP contribution in [0.4, 0.5) is 25.0 Å². The molecule has 0 aromatic heterocycles. The minimum absolute atomic E-state index is 0.0472. The number of benzene rings is 2. The van der Waals surface area contributed by atoms with E-state index in [1.807, 2.05) is 14.0 Å². The molecule has 3 atom stereocenters. The van der Waals surface area contributed by atoms with Gasteiger partial charge in [-0.3, -0.25) is 9.69 Å². The van der Waals surface area contributed by atoms with Crippen molar-refractivity contribution >= 4 is 23.3 Å². The number of carbonyl (C=O) groups excluding carboxylic acids is 2. The zero-order chi connectivity index (χ0) is 25.7. The lowest BCUT2D eigenvalue weighted by Crippen LogP contribution is -2.45. The Morgan fingerprint density at radius 2 is 1.83 bits per heavy atom. The van der Waals surface area contributed by atoms with Crippen LogP contribution in [0.3, 0.4) is 0 Å². The smallest absolute Gasteiger partial charge is 0.323 e. The second kappa shape index (κ2) is 11.5. The molecule has 1 aliphatic heterocycles. The van der Waals surface area contributed by atoms with Crippen molar-refractivity contribution in [1.82, 2.24) is 9.80 Å². The molecule has 0 bridgehead atoms. The Labute approximate surface area is 204 Å². The van der Waals surface area contributed by atoms with Gasteiger partial charge in [-0.1, -0.05) is 6.92 Å². The number of anilines is 2. The zero-order valence-corrected chi connectivity index (χ0v) is 20.6. The Bertz CT molecular complexity index is 1070. The predicted octanol–water partition coefficient (Wildman–Crippen LogP) is 4.04. The molecular weight excluding hydrogens is 458 g/mol. The predicted molar refractivity (Wildman–Crippen MR) is 130 cm³/mol. The molecule has 1 aliphatic rings. The molecule has 190 valence electrons. The van der Waals surface area contributed by atoms with E-state index in [0.717, 1.165) is 24.7 Å². The maximum absolute atomic E-state index is 13.9. The molecule has 0 saturated carbocycles. The molecule has 0 aliphatic carbocycles. The summed E-state index contributed by atoms with van der Waals surface area (Å²) in [6.45, 7) is 5.59. The largest absolute Gasteiger partial charge is 0.491 e.